The van der Waals surface area contributed by atoms with Crippen LogP contribution in [0.4, 0.5) is 0 Å². The van der Waals surface area contributed by atoms with Gasteiger partial charge in [-0.2, -0.15) is 0 Å². The predicted octanol–water partition coefficient (Wildman–Crippen LogP) is 5.87. The maximum atomic E-state index is 12.7. The summed E-state index contributed by atoms with van der Waals surface area (Å²) in [7, 11) is 0. The molecule has 0 aromatic carbocycles. The number of hydrogen-bond acceptors (Lipinski definition) is 2. The van der Waals surface area contributed by atoms with Crippen LogP contribution in [0.25, 0.3) is 0 Å². The highest BCUT2D eigenvalue weighted by molar-refractivity contribution is 5.81. The first kappa shape index (κ1) is 21.5. The SMILES string of the molecule is CCCCN1CCC(CCCC)(CCCC)C1(CCCC)C(=O)O. The smallest absolute Gasteiger partial charge is 0.324 e. The first-order chi connectivity index (χ1) is 11.5. The third kappa shape index (κ3) is 4.33. The number of likely N-dealkylation sites (tertiary alicyclic amines) is 1. The molecule has 1 rings (SSSR count). The summed E-state index contributed by atoms with van der Waals surface area (Å²) in [6.45, 7) is 10.8. The number of aliphatic carboxylic acids is 1. The molecule has 1 fully saturated rings. The molecule has 24 heavy (non-hydrogen) atoms. The molecule has 0 spiro atoms. The molecule has 1 atom stereocenters. The largest absolute Gasteiger partial charge is 0.480 e. The average Bonchev–Trinajstić information content (AvgIpc) is 2.89. The lowest BCUT2D eigenvalue weighted by atomic mass is 9.62. The van der Waals surface area contributed by atoms with Crippen LogP contribution in [0.5, 0.6) is 0 Å². The molecule has 0 saturated carbocycles. The van der Waals surface area contributed by atoms with Gasteiger partial charge in [0.25, 0.3) is 0 Å². The molecular formula is C21H41NO2. The Bertz CT molecular complexity index is 361. The third-order valence-corrected chi connectivity index (χ3v) is 6.32. The van der Waals surface area contributed by atoms with Crippen LogP contribution in [0.15, 0.2) is 0 Å². The van der Waals surface area contributed by atoms with Gasteiger partial charge in [0, 0.05) is 5.41 Å². The fourth-order valence-corrected chi connectivity index (χ4v) is 4.88. The van der Waals surface area contributed by atoms with Crippen molar-refractivity contribution < 1.29 is 9.90 Å². The van der Waals surface area contributed by atoms with Crippen LogP contribution < -0.4 is 0 Å². The van der Waals surface area contributed by atoms with Crippen molar-refractivity contribution >= 4 is 5.97 Å². The standard InChI is InChI=1S/C21H41NO2/c1-5-9-13-20(14-10-6-2)16-18-22(17-12-8-4)21(20,19(23)24)15-11-7-3/h5-18H2,1-4H3,(H,23,24). The lowest BCUT2D eigenvalue weighted by molar-refractivity contribution is -0.159. The highest BCUT2D eigenvalue weighted by Gasteiger charge is 2.61. The van der Waals surface area contributed by atoms with Crippen LogP contribution in [-0.2, 0) is 4.79 Å². The van der Waals surface area contributed by atoms with E-state index in [0.29, 0.717) is 0 Å². The fraction of sp³-hybridized carbons (Fsp3) is 0.952. The zero-order valence-electron chi connectivity index (χ0n) is 16.7. The van der Waals surface area contributed by atoms with Gasteiger partial charge in [-0.25, -0.2) is 0 Å². The Hall–Kier alpha value is -0.570. The highest BCUT2D eigenvalue weighted by atomic mass is 16.4. The van der Waals surface area contributed by atoms with Crippen LogP contribution in [-0.4, -0.2) is 34.6 Å². The summed E-state index contributed by atoms with van der Waals surface area (Å²) in [5, 5.41) is 10.5. The van der Waals surface area contributed by atoms with E-state index in [1.807, 2.05) is 0 Å². The van der Waals surface area contributed by atoms with E-state index in [-0.39, 0.29) is 5.41 Å². The second kappa shape index (κ2) is 10.4. The van der Waals surface area contributed by atoms with Crippen LogP contribution in [0, 0.1) is 5.41 Å². The van der Waals surface area contributed by atoms with Crippen molar-refractivity contribution in [3.05, 3.63) is 0 Å². The molecule has 1 saturated heterocycles. The second-order valence-electron chi connectivity index (χ2n) is 7.85. The van der Waals surface area contributed by atoms with Crippen molar-refractivity contribution in [1.82, 2.24) is 4.90 Å². The molecule has 3 nitrogen and oxygen atoms in total. The van der Waals surface area contributed by atoms with Gasteiger partial charge in [-0.05, 0) is 45.2 Å². The minimum atomic E-state index is -0.622. The van der Waals surface area contributed by atoms with E-state index in [0.717, 1.165) is 90.1 Å². The summed E-state index contributed by atoms with van der Waals surface area (Å²) in [5.74, 6) is -0.545. The molecule has 1 N–H and O–H groups in total. The van der Waals surface area contributed by atoms with Crippen molar-refractivity contribution in [3.63, 3.8) is 0 Å². The molecule has 0 radical (unpaired) electrons. The monoisotopic (exact) mass is 339 g/mol. The molecule has 0 aromatic heterocycles. The van der Waals surface area contributed by atoms with Gasteiger partial charge in [0.2, 0.25) is 0 Å². The van der Waals surface area contributed by atoms with E-state index in [9.17, 15) is 9.90 Å². The number of carboxylic acids is 1. The summed E-state index contributed by atoms with van der Waals surface area (Å²) in [6.07, 6.45) is 13.1. The van der Waals surface area contributed by atoms with Crippen molar-refractivity contribution in [1.29, 1.82) is 0 Å². The zero-order valence-corrected chi connectivity index (χ0v) is 16.7. The number of nitrogens with zero attached hydrogens (tertiary/aromatic N) is 1. The van der Waals surface area contributed by atoms with Crippen molar-refractivity contribution in [2.24, 2.45) is 5.41 Å². The van der Waals surface area contributed by atoms with Gasteiger partial charge in [0.1, 0.15) is 5.54 Å². The fourth-order valence-electron chi connectivity index (χ4n) is 4.88. The Morgan fingerprint density at radius 2 is 1.38 bits per heavy atom. The van der Waals surface area contributed by atoms with Gasteiger partial charge in [-0.3, -0.25) is 9.69 Å². The summed E-state index contributed by atoms with van der Waals surface area (Å²) < 4.78 is 0. The van der Waals surface area contributed by atoms with Gasteiger partial charge in [-0.15, -0.1) is 0 Å². The Labute approximate surface area is 150 Å². The third-order valence-electron chi connectivity index (χ3n) is 6.32. The Morgan fingerprint density at radius 3 is 1.83 bits per heavy atom. The minimum absolute atomic E-state index is 0.0201. The van der Waals surface area contributed by atoms with Gasteiger partial charge in [0.05, 0.1) is 0 Å². The first-order valence-corrected chi connectivity index (χ1v) is 10.5. The van der Waals surface area contributed by atoms with Crippen molar-refractivity contribution in [2.75, 3.05) is 13.1 Å². The molecule has 1 aliphatic rings. The molecule has 1 heterocycles. The van der Waals surface area contributed by atoms with Gasteiger partial charge in [0.15, 0.2) is 0 Å². The number of rotatable bonds is 13. The van der Waals surface area contributed by atoms with Gasteiger partial charge < -0.3 is 5.11 Å². The van der Waals surface area contributed by atoms with Crippen molar-refractivity contribution in [2.45, 2.75) is 110 Å². The Balaban J connectivity index is 3.24. The molecule has 0 aromatic rings. The van der Waals surface area contributed by atoms with Crippen LogP contribution in [0.1, 0.15) is 105 Å². The first-order valence-electron chi connectivity index (χ1n) is 10.5. The van der Waals surface area contributed by atoms with E-state index in [1.165, 1.54) is 0 Å². The van der Waals surface area contributed by atoms with Crippen LogP contribution in [0.3, 0.4) is 0 Å². The quantitative estimate of drug-likeness (QED) is 0.456. The highest BCUT2D eigenvalue weighted by Crippen LogP contribution is 2.55. The number of carbonyl (C=O) groups is 1. The van der Waals surface area contributed by atoms with E-state index < -0.39 is 11.5 Å². The lowest BCUT2D eigenvalue weighted by Crippen LogP contribution is -2.59. The average molecular weight is 340 g/mol. The number of hydrogen-bond donors (Lipinski definition) is 1. The molecule has 3 heteroatoms. The topological polar surface area (TPSA) is 40.5 Å². The van der Waals surface area contributed by atoms with Crippen LogP contribution in [0.2, 0.25) is 0 Å². The van der Waals surface area contributed by atoms with Crippen molar-refractivity contribution in [3.8, 4) is 0 Å². The summed E-state index contributed by atoms with van der Waals surface area (Å²) in [5.41, 5.74) is -0.643. The van der Waals surface area contributed by atoms with Gasteiger partial charge in [-0.1, -0.05) is 72.6 Å². The molecule has 0 bridgehead atoms. The predicted molar refractivity (Wildman–Crippen MR) is 102 cm³/mol. The lowest BCUT2D eigenvalue weighted by Gasteiger charge is -2.48. The van der Waals surface area contributed by atoms with Crippen LogP contribution >= 0.6 is 0 Å². The van der Waals surface area contributed by atoms with Gasteiger partial charge >= 0.3 is 5.97 Å². The Kier molecular flexibility index (Phi) is 9.33. The zero-order chi connectivity index (χ0) is 18.1. The van der Waals surface area contributed by atoms with E-state index in [2.05, 4.69) is 32.6 Å². The molecule has 1 aliphatic heterocycles. The maximum Gasteiger partial charge on any atom is 0.324 e. The number of unbranched alkanes of at least 4 members (excludes halogenated alkanes) is 4. The molecular weight excluding hydrogens is 298 g/mol. The van der Waals surface area contributed by atoms with E-state index >= 15 is 0 Å². The molecule has 1 unspecified atom stereocenters. The summed E-state index contributed by atoms with van der Waals surface area (Å²) in [4.78, 5) is 15.1. The maximum absolute atomic E-state index is 12.7. The molecule has 0 amide bonds. The molecule has 142 valence electrons. The second-order valence-corrected chi connectivity index (χ2v) is 7.85. The normalized spacial score (nSPS) is 23.7. The summed E-state index contributed by atoms with van der Waals surface area (Å²) in [6, 6.07) is 0. The number of carboxylic acid groups (broad SMARTS) is 1. The van der Waals surface area contributed by atoms with E-state index in [4.69, 9.17) is 0 Å². The summed E-state index contributed by atoms with van der Waals surface area (Å²) >= 11 is 0. The molecule has 0 aliphatic carbocycles. The Morgan fingerprint density at radius 1 is 0.875 bits per heavy atom. The minimum Gasteiger partial charge on any atom is -0.480 e. The van der Waals surface area contributed by atoms with E-state index in [1.54, 1.807) is 0 Å².